The molecule has 0 unspecified atom stereocenters. The lowest BCUT2D eigenvalue weighted by atomic mass is 9.97. The highest BCUT2D eigenvalue weighted by Crippen LogP contribution is 2.30. The third-order valence-corrected chi connectivity index (χ3v) is 6.49. The standard InChI is InChI=1S/C19H27N5O2S/c1-11-12(2)22-23(5)18(25)15(11)17-21-13(3)16(27-17)19(26)24-8-6-14(7-9-24)10-20-4/h14,20H,6-10H2,1-5H3. The normalized spacial score (nSPS) is 15.4. The summed E-state index contributed by atoms with van der Waals surface area (Å²) in [5, 5.41) is 8.04. The SMILES string of the molecule is CNCC1CCN(C(=O)c2sc(-c3c(C)c(C)nn(C)c3=O)nc2C)CC1. The second kappa shape index (κ2) is 7.90. The first-order valence-corrected chi connectivity index (χ1v) is 10.1. The third kappa shape index (κ3) is 3.82. The molecule has 0 radical (unpaired) electrons. The van der Waals surface area contributed by atoms with E-state index in [4.69, 9.17) is 0 Å². The Hall–Kier alpha value is -2.06. The van der Waals surface area contributed by atoms with Crippen LogP contribution >= 0.6 is 11.3 Å². The van der Waals surface area contributed by atoms with E-state index in [2.05, 4.69) is 15.4 Å². The van der Waals surface area contributed by atoms with Crippen molar-refractivity contribution in [3.63, 3.8) is 0 Å². The number of carbonyl (C=O) groups is 1. The molecule has 1 aliphatic heterocycles. The summed E-state index contributed by atoms with van der Waals surface area (Å²) in [6.45, 7) is 8.13. The maximum Gasteiger partial charge on any atom is 0.277 e. The molecule has 1 N–H and O–H groups in total. The monoisotopic (exact) mass is 389 g/mol. The number of carbonyl (C=O) groups excluding carboxylic acids is 1. The Kier molecular flexibility index (Phi) is 5.76. The number of amides is 1. The largest absolute Gasteiger partial charge is 0.338 e. The summed E-state index contributed by atoms with van der Waals surface area (Å²) in [4.78, 5) is 32.7. The third-order valence-electron chi connectivity index (χ3n) is 5.32. The highest BCUT2D eigenvalue weighted by Gasteiger charge is 2.27. The minimum atomic E-state index is -0.182. The Morgan fingerprint density at radius 1 is 1.22 bits per heavy atom. The van der Waals surface area contributed by atoms with Gasteiger partial charge in [0.15, 0.2) is 0 Å². The molecule has 0 aromatic carbocycles. The Balaban J connectivity index is 1.88. The molecule has 1 amide bonds. The van der Waals surface area contributed by atoms with Crippen LogP contribution in [0.4, 0.5) is 0 Å². The van der Waals surface area contributed by atoms with Crippen molar-refractivity contribution in [2.24, 2.45) is 13.0 Å². The number of likely N-dealkylation sites (tertiary alicyclic amines) is 1. The molecular formula is C19H27N5O2S. The van der Waals surface area contributed by atoms with Crippen LogP contribution in [-0.4, -0.2) is 52.3 Å². The second-order valence-corrected chi connectivity index (χ2v) is 8.24. The van der Waals surface area contributed by atoms with Crippen molar-refractivity contribution in [1.29, 1.82) is 0 Å². The van der Waals surface area contributed by atoms with E-state index in [0.29, 0.717) is 27.1 Å². The van der Waals surface area contributed by atoms with Crippen molar-refractivity contribution in [2.75, 3.05) is 26.7 Å². The van der Waals surface area contributed by atoms with Gasteiger partial charge >= 0.3 is 0 Å². The molecule has 0 aliphatic carbocycles. The van der Waals surface area contributed by atoms with E-state index < -0.39 is 0 Å². The summed E-state index contributed by atoms with van der Waals surface area (Å²) < 4.78 is 1.34. The number of thiazole rings is 1. The first kappa shape index (κ1) is 19.7. The number of aryl methyl sites for hydroxylation is 3. The summed E-state index contributed by atoms with van der Waals surface area (Å²) in [5.74, 6) is 0.655. The van der Waals surface area contributed by atoms with Gasteiger partial charge in [0.05, 0.1) is 17.0 Å². The van der Waals surface area contributed by atoms with Gasteiger partial charge in [0.1, 0.15) is 9.88 Å². The molecule has 0 bridgehead atoms. The molecule has 146 valence electrons. The molecule has 0 spiro atoms. The molecule has 27 heavy (non-hydrogen) atoms. The molecule has 1 fully saturated rings. The van der Waals surface area contributed by atoms with Gasteiger partial charge in [-0.05, 0) is 58.7 Å². The van der Waals surface area contributed by atoms with Crippen LogP contribution < -0.4 is 10.9 Å². The van der Waals surface area contributed by atoms with Gasteiger partial charge in [-0.1, -0.05) is 0 Å². The van der Waals surface area contributed by atoms with Gasteiger partial charge in [0, 0.05) is 20.1 Å². The molecule has 8 heteroatoms. The molecule has 3 rings (SSSR count). The lowest BCUT2D eigenvalue weighted by Gasteiger charge is -2.31. The average Bonchev–Trinajstić information content (AvgIpc) is 3.02. The summed E-state index contributed by atoms with van der Waals surface area (Å²) in [6, 6.07) is 0. The molecule has 0 saturated carbocycles. The van der Waals surface area contributed by atoms with Gasteiger partial charge < -0.3 is 10.2 Å². The zero-order valence-corrected chi connectivity index (χ0v) is 17.4. The Labute approximate surface area is 163 Å². The van der Waals surface area contributed by atoms with Crippen LogP contribution in [0.1, 0.15) is 39.5 Å². The van der Waals surface area contributed by atoms with Crippen LogP contribution in [0.2, 0.25) is 0 Å². The fourth-order valence-corrected chi connectivity index (χ4v) is 4.70. The lowest BCUT2D eigenvalue weighted by Crippen LogP contribution is -2.40. The Bertz CT molecular complexity index is 910. The summed E-state index contributed by atoms with van der Waals surface area (Å²) in [6.07, 6.45) is 2.03. The highest BCUT2D eigenvalue weighted by atomic mass is 32.1. The van der Waals surface area contributed by atoms with E-state index >= 15 is 0 Å². The number of hydrogen-bond acceptors (Lipinski definition) is 6. The average molecular weight is 390 g/mol. The minimum absolute atomic E-state index is 0.0272. The van der Waals surface area contributed by atoms with E-state index in [1.54, 1.807) is 7.05 Å². The van der Waals surface area contributed by atoms with Crippen LogP contribution in [0, 0.1) is 26.7 Å². The van der Waals surface area contributed by atoms with Crippen molar-refractivity contribution >= 4 is 17.2 Å². The van der Waals surface area contributed by atoms with Crippen LogP contribution in [0.15, 0.2) is 4.79 Å². The summed E-state index contributed by atoms with van der Waals surface area (Å²) in [7, 11) is 3.60. The van der Waals surface area contributed by atoms with E-state index in [1.165, 1.54) is 16.0 Å². The smallest absolute Gasteiger partial charge is 0.277 e. The second-order valence-electron chi connectivity index (χ2n) is 7.24. The molecule has 7 nitrogen and oxygen atoms in total. The van der Waals surface area contributed by atoms with Gasteiger partial charge in [0.25, 0.3) is 11.5 Å². The van der Waals surface area contributed by atoms with Gasteiger partial charge in [0.2, 0.25) is 0 Å². The quantitative estimate of drug-likeness (QED) is 0.864. The number of aromatic nitrogens is 3. The number of nitrogens with one attached hydrogen (secondary N) is 1. The molecule has 1 aliphatic rings. The lowest BCUT2D eigenvalue weighted by molar-refractivity contribution is 0.0695. The maximum absolute atomic E-state index is 13.0. The van der Waals surface area contributed by atoms with Crippen molar-refractivity contribution in [1.82, 2.24) is 25.0 Å². The molecule has 1 saturated heterocycles. The van der Waals surface area contributed by atoms with Gasteiger partial charge in [-0.3, -0.25) is 9.59 Å². The van der Waals surface area contributed by atoms with Crippen molar-refractivity contribution in [2.45, 2.75) is 33.6 Å². The van der Waals surface area contributed by atoms with Crippen LogP contribution in [0.3, 0.4) is 0 Å². The minimum Gasteiger partial charge on any atom is -0.338 e. The predicted octanol–water partition coefficient (Wildman–Crippen LogP) is 1.90. The van der Waals surface area contributed by atoms with Crippen LogP contribution in [-0.2, 0) is 7.05 Å². The molecular weight excluding hydrogens is 362 g/mol. The number of nitrogens with zero attached hydrogens (tertiary/aromatic N) is 4. The van der Waals surface area contributed by atoms with Gasteiger partial charge in [-0.2, -0.15) is 5.10 Å². The fourth-order valence-electron chi connectivity index (χ4n) is 3.57. The Morgan fingerprint density at radius 2 is 1.89 bits per heavy atom. The van der Waals surface area contributed by atoms with E-state index in [0.717, 1.165) is 43.7 Å². The van der Waals surface area contributed by atoms with Gasteiger partial charge in [-0.25, -0.2) is 9.67 Å². The molecule has 2 aromatic heterocycles. The van der Waals surface area contributed by atoms with Crippen LogP contribution in [0.5, 0.6) is 0 Å². The number of piperidine rings is 1. The first-order valence-electron chi connectivity index (χ1n) is 9.29. The van der Waals surface area contributed by atoms with E-state index in [1.807, 2.05) is 32.7 Å². The Morgan fingerprint density at radius 3 is 2.52 bits per heavy atom. The fraction of sp³-hybridized carbons (Fsp3) is 0.579. The summed E-state index contributed by atoms with van der Waals surface area (Å²) >= 11 is 1.32. The predicted molar refractivity (Wildman–Crippen MR) is 107 cm³/mol. The first-order chi connectivity index (χ1) is 12.8. The van der Waals surface area contributed by atoms with Crippen molar-refractivity contribution in [3.05, 3.63) is 32.2 Å². The zero-order valence-electron chi connectivity index (χ0n) is 16.6. The number of rotatable bonds is 4. The zero-order chi connectivity index (χ0) is 19.7. The highest BCUT2D eigenvalue weighted by molar-refractivity contribution is 7.17. The topological polar surface area (TPSA) is 80.1 Å². The van der Waals surface area contributed by atoms with E-state index in [-0.39, 0.29) is 11.5 Å². The molecule has 2 aromatic rings. The molecule has 3 heterocycles. The van der Waals surface area contributed by atoms with E-state index in [9.17, 15) is 9.59 Å². The number of hydrogen-bond donors (Lipinski definition) is 1. The van der Waals surface area contributed by atoms with Gasteiger partial charge in [-0.15, -0.1) is 11.3 Å². The van der Waals surface area contributed by atoms with Crippen molar-refractivity contribution < 1.29 is 4.79 Å². The maximum atomic E-state index is 13.0. The summed E-state index contributed by atoms with van der Waals surface area (Å²) in [5.41, 5.74) is 2.66. The van der Waals surface area contributed by atoms with Crippen LogP contribution in [0.25, 0.3) is 10.6 Å². The van der Waals surface area contributed by atoms with Crippen molar-refractivity contribution in [3.8, 4) is 10.6 Å². The molecule has 0 atom stereocenters.